The van der Waals surface area contributed by atoms with Crippen molar-refractivity contribution in [1.82, 2.24) is 19.8 Å². The first kappa shape index (κ1) is 19.6. The lowest BCUT2D eigenvalue weighted by Crippen LogP contribution is -2.61. The lowest BCUT2D eigenvalue weighted by Gasteiger charge is -2.53. The van der Waals surface area contributed by atoms with E-state index in [9.17, 15) is 4.79 Å². The highest BCUT2D eigenvalue weighted by atomic mass is 16.6. The van der Waals surface area contributed by atoms with Crippen LogP contribution in [0.15, 0.2) is 30.6 Å². The van der Waals surface area contributed by atoms with Gasteiger partial charge in [-0.3, -0.25) is 0 Å². The Morgan fingerprint density at radius 1 is 1.28 bits per heavy atom. The number of benzene rings is 1. The van der Waals surface area contributed by atoms with E-state index in [1.807, 2.05) is 40.9 Å². The molecule has 7 nitrogen and oxygen atoms in total. The van der Waals surface area contributed by atoms with Gasteiger partial charge in [-0.1, -0.05) is 33.8 Å². The van der Waals surface area contributed by atoms with Crippen LogP contribution in [-0.2, 0) is 12.5 Å². The number of carbonyl (C=O) groups is 1. The average Bonchev–Trinajstić information content (AvgIpc) is 3.09. The van der Waals surface area contributed by atoms with Crippen molar-refractivity contribution in [2.45, 2.75) is 39.2 Å². The van der Waals surface area contributed by atoms with Crippen LogP contribution in [-0.4, -0.2) is 46.8 Å². The summed E-state index contributed by atoms with van der Waals surface area (Å²) in [5.74, 6) is 2.47. The maximum Gasteiger partial charge on any atom is 0.318 e. The SMILES string of the molecule is Cn1ccnc1C1N(C(=O)NCC(C)(C)c2ccc3c(c2)OCCO3)CC1(C)C. The molecule has 1 unspecified atom stereocenters. The third kappa shape index (κ3) is 3.54. The molecule has 2 aliphatic heterocycles. The molecule has 1 N–H and O–H groups in total. The third-order valence-corrected chi connectivity index (χ3v) is 6.00. The van der Waals surface area contributed by atoms with E-state index in [-0.39, 0.29) is 22.9 Å². The van der Waals surface area contributed by atoms with Gasteiger partial charge in [0.15, 0.2) is 11.5 Å². The van der Waals surface area contributed by atoms with Crippen LogP contribution in [0.2, 0.25) is 0 Å². The molecule has 1 aromatic heterocycles. The van der Waals surface area contributed by atoms with E-state index in [1.165, 1.54) is 0 Å². The minimum absolute atomic E-state index is 0.00179. The smallest absolute Gasteiger partial charge is 0.318 e. The third-order valence-electron chi connectivity index (χ3n) is 6.00. The van der Waals surface area contributed by atoms with E-state index in [0.717, 1.165) is 22.9 Å². The van der Waals surface area contributed by atoms with E-state index in [0.29, 0.717) is 26.3 Å². The van der Waals surface area contributed by atoms with Crippen LogP contribution in [0.4, 0.5) is 4.79 Å². The van der Waals surface area contributed by atoms with Crippen LogP contribution in [0.3, 0.4) is 0 Å². The Bertz CT molecular complexity index is 919. The molecular weight excluding hydrogens is 368 g/mol. The number of urea groups is 1. The van der Waals surface area contributed by atoms with Crippen LogP contribution >= 0.6 is 0 Å². The van der Waals surface area contributed by atoms with E-state index in [4.69, 9.17) is 9.47 Å². The summed E-state index contributed by atoms with van der Waals surface area (Å²) in [5, 5.41) is 3.13. The van der Waals surface area contributed by atoms with Crippen LogP contribution in [0.5, 0.6) is 11.5 Å². The summed E-state index contributed by atoms with van der Waals surface area (Å²) in [7, 11) is 1.97. The first-order chi connectivity index (χ1) is 13.7. The lowest BCUT2D eigenvalue weighted by atomic mass is 9.74. The number of likely N-dealkylation sites (tertiary alicyclic amines) is 1. The molecule has 0 aliphatic carbocycles. The van der Waals surface area contributed by atoms with E-state index in [1.54, 1.807) is 6.20 Å². The van der Waals surface area contributed by atoms with E-state index in [2.05, 4.69) is 38.0 Å². The number of rotatable bonds is 4. The highest BCUT2D eigenvalue weighted by Gasteiger charge is 2.51. The summed E-state index contributed by atoms with van der Waals surface area (Å²) >= 11 is 0. The van der Waals surface area contributed by atoms with Crippen LogP contribution in [0.1, 0.15) is 45.1 Å². The number of fused-ring (bicyclic) bond motifs is 1. The summed E-state index contributed by atoms with van der Waals surface area (Å²) in [4.78, 5) is 19.3. The molecule has 156 valence electrons. The molecule has 3 heterocycles. The number of aromatic nitrogens is 2. The maximum atomic E-state index is 13.0. The van der Waals surface area contributed by atoms with Gasteiger partial charge in [0, 0.05) is 43.4 Å². The molecule has 7 heteroatoms. The van der Waals surface area contributed by atoms with Gasteiger partial charge < -0.3 is 24.3 Å². The Morgan fingerprint density at radius 3 is 2.66 bits per heavy atom. The van der Waals surface area contributed by atoms with Crippen molar-refractivity contribution in [2.24, 2.45) is 12.5 Å². The predicted molar refractivity (Wildman–Crippen MR) is 110 cm³/mol. The summed E-state index contributed by atoms with van der Waals surface area (Å²) in [6, 6.07) is 5.93. The largest absolute Gasteiger partial charge is 0.486 e. The number of carbonyl (C=O) groups excluding carboxylic acids is 1. The van der Waals surface area contributed by atoms with Crippen molar-refractivity contribution >= 4 is 6.03 Å². The number of nitrogens with zero attached hydrogens (tertiary/aromatic N) is 3. The molecule has 0 spiro atoms. The minimum atomic E-state index is -0.245. The standard InChI is InChI=1S/C22H30N4O3/c1-21(2,15-6-7-16-17(12-15)29-11-10-28-16)13-24-20(27)26-14-22(3,4)18(26)19-23-8-9-25(19)5/h6-9,12,18H,10-11,13-14H2,1-5H3,(H,24,27). The fourth-order valence-electron chi connectivity index (χ4n) is 4.21. The molecule has 1 atom stereocenters. The van der Waals surface area contributed by atoms with Crippen molar-refractivity contribution in [2.75, 3.05) is 26.3 Å². The lowest BCUT2D eigenvalue weighted by molar-refractivity contribution is -0.0232. The van der Waals surface area contributed by atoms with Gasteiger partial charge in [0.2, 0.25) is 0 Å². The topological polar surface area (TPSA) is 68.6 Å². The summed E-state index contributed by atoms with van der Waals surface area (Å²) < 4.78 is 13.3. The Labute approximate surface area is 172 Å². The number of aryl methyl sites for hydroxylation is 1. The van der Waals surface area contributed by atoms with Crippen LogP contribution < -0.4 is 14.8 Å². The zero-order chi connectivity index (χ0) is 20.8. The summed E-state index contributed by atoms with van der Waals surface area (Å²) in [6.07, 6.45) is 3.70. The second-order valence-corrected chi connectivity index (χ2v) is 9.32. The van der Waals surface area contributed by atoms with Crippen molar-refractivity contribution in [1.29, 1.82) is 0 Å². The van der Waals surface area contributed by atoms with Crippen molar-refractivity contribution < 1.29 is 14.3 Å². The normalized spacial score (nSPS) is 20.2. The van der Waals surface area contributed by atoms with Gasteiger partial charge >= 0.3 is 6.03 Å². The van der Waals surface area contributed by atoms with E-state index >= 15 is 0 Å². The molecule has 1 saturated heterocycles. The van der Waals surface area contributed by atoms with Crippen LogP contribution in [0, 0.1) is 5.41 Å². The number of imidazole rings is 1. The molecule has 0 saturated carbocycles. The zero-order valence-corrected chi connectivity index (χ0v) is 17.9. The Morgan fingerprint density at radius 2 is 2.00 bits per heavy atom. The first-order valence-corrected chi connectivity index (χ1v) is 10.1. The first-order valence-electron chi connectivity index (χ1n) is 10.1. The molecular formula is C22H30N4O3. The van der Waals surface area contributed by atoms with Crippen molar-refractivity contribution in [3.63, 3.8) is 0 Å². The van der Waals surface area contributed by atoms with Crippen molar-refractivity contribution in [3.8, 4) is 11.5 Å². The number of hydrogen-bond acceptors (Lipinski definition) is 4. The zero-order valence-electron chi connectivity index (χ0n) is 17.9. The highest BCUT2D eigenvalue weighted by molar-refractivity contribution is 5.76. The summed E-state index contributed by atoms with van der Waals surface area (Å²) in [5.41, 5.74) is 0.860. The number of amides is 2. The molecule has 4 rings (SSSR count). The highest BCUT2D eigenvalue weighted by Crippen LogP contribution is 2.47. The Kier molecular flexibility index (Phi) is 4.71. The van der Waals surface area contributed by atoms with Gasteiger partial charge in [0.05, 0.1) is 6.04 Å². The van der Waals surface area contributed by atoms with Gasteiger partial charge in [-0.25, -0.2) is 9.78 Å². The number of nitrogens with one attached hydrogen (secondary N) is 1. The van der Waals surface area contributed by atoms with Gasteiger partial charge in [0.25, 0.3) is 0 Å². The average molecular weight is 399 g/mol. The van der Waals surface area contributed by atoms with E-state index < -0.39 is 0 Å². The molecule has 1 aromatic carbocycles. The molecule has 2 aromatic rings. The fraction of sp³-hybridized carbons (Fsp3) is 0.545. The Balaban J connectivity index is 1.44. The Hall–Kier alpha value is -2.70. The van der Waals surface area contributed by atoms with Crippen molar-refractivity contribution in [3.05, 3.63) is 42.0 Å². The molecule has 29 heavy (non-hydrogen) atoms. The fourth-order valence-corrected chi connectivity index (χ4v) is 4.21. The summed E-state index contributed by atoms with van der Waals surface area (Å²) in [6.45, 7) is 11.0. The number of hydrogen-bond donors (Lipinski definition) is 1. The molecule has 0 radical (unpaired) electrons. The predicted octanol–water partition coefficient (Wildman–Crippen LogP) is 3.26. The maximum absolute atomic E-state index is 13.0. The van der Waals surface area contributed by atoms with Crippen LogP contribution in [0.25, 0.3) is 0 Å². The van der Waals surface area contributed by atoms with Gasteiger partial charge in [-0.2, -0.15) is 0 Å². The molecule has 2 aliphatic rings. The van der Waals surface area contributed by atoms with Gasteiger partial charge in [0.1, 0.15) is 19.0 Å². The monoisotopic (exact) mass is 398 g/mol. The number of ether oxygens (including phenoxy) is 2. The molecule has 1 fully saturated rings. The molecule has 2 amide bonds. The minimum Gasteiger partial charge on any atom is -0.486 e. The quantitative estimate of drug-likeness (QED) is 0.858. The molecule has 0 bridgehead atoms. The second-order valence-electron chi connectivity index (χ2n) is 9.32. The second kappa shape index (κ2) is 6.97. The van der Waals surface area contributed by atoms with Gasteiger partial charge in [-0.15, -0.1) is 0 Å². The van der Waals surface area contributed by atoms with Gasteiger partial charge in [-0.05, 0) is 17.7 Å².